The fourth-order valence-corrected chi connectivity index (χ4v) is 2.18. The van der Waals surface area contributed by atoms with E-state index >= 15 is 0 Å². The van der Waals surface area contributed by atoms with Crippen molar-refractivity contribution >= 4 is 11.6 Å². The number of hydrogen-bond acceptors (Lipinski definition) is 2. The summed E-state index contributed by atoms with van der Waals surface area (Å²) in [4.78, 5) is 16.5. The number of carbonyl (C=O) groups excluding carboxylic acids is 1. The lowest BCUT2D eigenvalue weighted by Crippen LogP contribution is -2.25. The van der Waals surface area contributed by atoms with Gasteiger partial charge in [-0.05, 0) is 38.3 Å². The van der Waals surface area contributed by atoms with E-state index in [9.17, 15) is 4.79 Å². The molecule has 0 radical (unpaired) electrons. The van der Waals surface area contributed by atoms with E-state index in [-0.39, 0.29) is 5.91 Å². The first-order valence-electron chi connectivity index (χ1n) is 6.47. The van der Waals surface area contributed by atoms with Gasteiger partial charge in [0.1, 0.15) is 5.65 Å². The average molecular weight is 243 g/mol. The lowest BCUT2D eigenvalue weighted by Gasteiger charge is -2.04. The second-order valence-corrected chi connectivity index (χ2v) is 4.89. The molecule has 1 saturated carbocycles. The molecule has 0 aliphatic heterocycles. The minimum absolute atomic E-state index is 0.0190. The Hall–Kier alpha value is -1.84. The Morgan fingerprint density at radius 3 is 2.94 bits per heavy atom. The van der Waals surface area contributed by atoms with Gasteiger partial charge in [0, 0.05) is 17.9 Å². The molecule has 0 unspecified atom stereocenters. The fourth-order valence-electron chi connectivity index (χ4n) is 2.18. The molecule has 18 heavy (non-hydrogen) atoms. The number of imidazole rings is 1. The summed E-state index contributed by atoms with van der Waals surface area (Å²) in [5.74, 6) is 0.0190. The summed E-state index contributed by atoms with van der Waals surface area (Å²) >= 11 is 0. The van der Waals surface area contributed by atoms with Gasteiger partial charge in [-0.3, -0.25) is 4.79 Å². The average Bonchev–Trinajstić information content (AvgIpc) is 3.13. The molecule has 1 amide bonds. The van der Waals surface area contributed by atoms with Crippen LogP contribution < -0.4 is 5.32 Å². The Morgan fingerprint density at radius 1 is 1.50 bits per heavy atom. The first-order chi connectivity index (χ1) is 8.69. The number of hydrogen-bond donors (Lipinski definition) is 1. The van der Waals surface area contributed by atoms with Crippen molar-refractivity contribution in [1.82, 2.24) is 14.7 Å². The van der Waals surface area contributed by atoms with Crippen molar-refractivity contribution < 1.29 is 4.79 Å². The molecule has 4 heteroatoms. The first kappa shape index (κ1) is 11.3. The van der Waals surface area contributed by atoms with Crippen molar-refractivity contribution in [1.29, 1.82) is 0 Å². The van der Waals surface area contributed by atoms with Crippen molar-refractivity contribution in [3.8, 4) is 0 Å². The highest BCUT2D eigenvalue weighted by Crippen LogP contribution is 2.20. The molecule has 94 valence electrons. The Bertz CT molecular complexity index is 611. The second kappa shape index (κ2) is 4.12. The minimum atomic E-state index is 0.0190. The van der Waals surface area contributed by atoms with Crippen LogP contribution in [0.5, 0.6) is 0 Å². The smallest absolute Gasteiger partial charge is 0.252 e. The molecule has 0 atom stereocenters. The number of nitrogens with zero attached hydrogens (tertiary/aromatic N) is 2. The lowest BCUT2D eigenvalue weighted by molar-refractivity contribution is 0.0950. The molecule has 0 saturated heterocycles. The van der Waals surface area contributed by atoms with E-state index in [1.54, 1.807) is 0 Å². The molecular formula is C14H17N3O. The van der Waals surface area contributed by atoms with Gasteiger partial charge in [0.2, 0.25) is 0 Å². The van der Waals surface area contributed by atoms with Gasteiger partial charge in [-0.1, -0.05) is 6.92 Å². The number of rotatable bonds is 3. The van der Waals surface area contributed by atoms with Crippen LogP contribution in [0.3, 0.4) is 0 Å². The van der Waals surface area contributed by atoms with Crippen molar-refractivity contribution in [3.63, 3.8) is 0 Å². The van der Waals surface area contributed by atoms with Crippen LogP contribution in [0.2, 0.25) is 0 Å². The van der Waals surface area contributed by atoms with Crippen LogP contribution in [-0.4, -0.2) is 21.3 Å². The molecule has 3 rings (SSSR count). The van der Waals surface area contributed by atoms with E-state index < -0.39 is 0 Å². The summed E-state index contributed by atoms with van der Waals surface area (Å²) in [6.07, 6.45) is 5.02. The number of pyridine rings is 1. The molecule has 2 heterocycles. The zero-order chi connectivity index (χ0) is 12.7. The van der Waals surface area contributed by atoms with E-state index in [1.807, 2.05) is 29.7 Å². The molecule has 2 aromatic rings. The maximum Gasteiger partial charge on any atom is 0.252 e. The van der Waals surface area contributed by atoms with Gasteiger partial charge in [-0.25, -0.2) is 4.98 Å². The maximum absolute atomic E-state index is 12.0. The van der Waals surface area contributed by atoms with E-state index in [4.69, 9.17) is 0 Å². The zero-order valence-corrected chi connectivity index (χ0v) is 10.7. The Kier molecular flexibility index (Phi) is 2.58. The summed E-state index contributed by atoms with van der Waals surface area (Å²) < 4.78 is 2.00. The van der Waals surface area contributed by atoms with E-state index in [1.165, 1.54) is 0 Å². The molecule has 0 bridgehead atoms. The maximum atomic E-state index is 12.0. The van der Waals surface area contributed by atoms with Crippen LogP contribution in [-0.2, 0) is 6.42 Å². The molecule has 0 spiro atoms. The molecule has 4 nitrogen and oxygen atoms in total. The molecule has 1 N–H and O–H groups in total. The molecular weight excluding hydrogens is 226 g/mol. The van der Waals surface area contributed by atoms with Crippen molar-refractivity contribution in [3.05, 3.63) is 35.3 Å². The Balaban J connectivity index is 1.98. The third kappa shape index (κ3) is 1.88. The fraction of sp³-hybridized carbons (Fsp3) is 0.429. The van der Waals surface area contributed by atoms with Crippen molar-refractivity contribution in [2.24, 2.45) is 0 Å². The highest BCUT2D eigenvalue weighted by atomic mass is 16.1. The SMILES string of the molecule is CCc1nc2ccc(C(=O)NC3CC3)cn2c1C. The summed E-state index contributed by atoms with van der Waals surface area (Å²) in [6, 6.07) is 4.15. The highest BCUT2D eigenvalue weighted by Gasteiger charge is 2.24. The van der Waals surface area contributed by atoms with Crippen LogP contribution in [0.1, 0.15) is 41.5 Å². The summed E-state index contributed by atoms with van der Waals surface area (Å²) in [5, 5.41) is 3.00. The molecule has 1 aliphatic rings. The van der Waals surface area contributed by atoms with Gasteiger partial charge in [0.25, 0.3) is 5.91 Å². The van der Waals surface area contributed by atoms with E-state index in [0.29, 0.717) is 11.6 Å². The Labute approximate surface area is 106 Å². The van der Waals surface area contributed by atoms with Gasteiger partial charge in [0.15, 0.2) is 0 Å². The Morgan fingerprint density at radius 2 is 2.28 bits per heavy atom. The highest BCUT2D eigenvalue weighted by molar-refractivity contribution is 5.94. The third-order valence-corrected chi connectivity index (χ3v) is 3.47. The van der Waals surface area contributed by atoms with Crippen LogP contribution >= 0.6 is 0 Å². The third-order valence-electron chi connectivity index (χ3n) is 3.47. The van der Waals surface area contributed by atoms with Crippen LogP contribution in [0.25, 0.3) is 5.65 Å². The second-order valence-electron chi connectivity index (χ2n) is 4.89. The summed E-state index contributed by atoms with van der Waals surface area (Å²) in [6.45, 7) is 4.14. The molecule has 1 fully saturated rings. The number of aryl methyl sites for hydroxylation is 2. The lowest BCUT2D eigenvalue weighted by atomic mass is 10.2. The van der Waals surface area contributed by atoms with Crippen LogP contribution in [0.15, 0.2) is 18.3 Å². The molecule has 1 aliphatic carbocycles. The number of aromatic nitrogens is 2. The van der Waals surface area contributed by atoms with Crippen molar-refractivity contribution in [2.75, 3.05) is 0 Å². The predicted molar refractivity (Wildman–Crippen MR) is 69.8 cm³/mol. The standard InChI is InChI=1S/C14H17N3O/c1-3-12-9(2)17-8-10(4-7-13(17)16-12)14(18)15-11-5-6-11/h4,7-8,11H,3,5-6H2,1-2H3,(H,15,18). The number of fused-ring (bicyclic) bond motifs is 1. The van der Waals surface area contributed by atoms with Gasteiger partial charge in [-0.15, -0.1) is 0 Å². The van der Waals surface area contributed by atoms with E-state index in [2.05, 4.69) is 17.2 Å². The van der Waals surface area contributed by atoms with Gasteiger partial charge >= 0.3 is 0 Å². The van der Waals surface area contributed by atoms with Crippen LogP contribution in [0, 0.1) is 6.92 Å². The topological polar surface area (TPSA) is 46.4 Å². The van der Waals surface area contributed by atoms with Gasteiger partial charge in [-0.2, -0.15) is 0 Å². The minimum Gasteiger partial charge on any atom is -0.349 e. The van der Waals surface area contributed by atoms with Gasteiger partial charge in [0.05, 0.1) is 11.3 Å². The number of carbonyl (C=O) groups is 1. The first-order valence-corrected chi connectivity index (χ1v) is 6.47. The zero-order valence-electron chi connectivity index (χ0n) is 10.7. The normalized spacial score (nSPS) is 15.0. The molecule has 0 aromatic carbocycles. The summed E-state index contributed by atoms with van der Waals surface area (Å²) in [7, 11) is 0. The largest absolute Gasteiger partial charge is 0.349 e. The summed E-state index contributed by atoms with van der Waals surface area (Å²) in [5.41, 5.74) is 3.83. The van der Waals surface area contributed by atoms with Crippen LogP contribution in [0.4, 0.5) is 0 Å². The predicted octanol–water partition coefficient (Wildman–Crippen LogP) is 2.10. The number of amides is 1. The monoisotopic (exact) mass is 243 g/mol. The van der Waals surface area contributed by atoms with Gasteiger partial charge < -0.3 is 9.72 Å². The number of nitrogens with one attached hydrogen (secondary N) is 1. The molecule has 2 aromatic heterocycles. The quantitative estimate of drug-likeness (QED) is 0.897. The van der Waals surface area contributed by atoms with E-state index in [0.717, 1.165) is 36.3 Å². The van der Waals surface area contributed by atoms with Crippen molar-refractivity contribution in [2.45, 2.75) is 39.2 Å².